The first-order valence-corrected chi connectivity index (χ1v) is 5.43. The topological polar surface area (TPSA) is 49.3 Å². The number of hydrogen-bond acceptors (Lipinski definition) is 2. The van der Waals surface area contributed by atoms with Crippen LogP contribution in [0.4, 0.5) is 10.1 Å². The molecule has 1 amide bonds. The molecule has 3 nitrogen and oxygen atoms in total. The van der Waals surface area contributed by atoms with E-state index in [2.05, 4.69) is 5.32 Å². The van der Waals surface area contributed by atoms with E-state index in [-0.39, 0.29) is 11.3 Å². The maximum absolute atomic E-state index is 13.4. The molecule has 0 spiro atoms. The van der Waals surface area contributed by atoms with Crippen LogP contribution in [0.1, 0.15) is 15.9 Å². The van der Waals surface area contributed by atoms with Crippen molar-refractivity contribution >= 4 is 11.6 Å². The van der Waals surface area contributed by atoms with Gasteiger partial charge in [-0.1, -0.05) is 12.1 Å². The van der Waals surface area contributed by atoms with Gasteiger partial charge in [-0.05, 0) is 42.8 Å². The van der Waals surface area contributed by atoms with Gasteiger partial charge in [-0.15, -0.1) is 0 Å². The number of hydrogen-bond donors (Lipinski definition) is 2. The Balaban J connectivity index is 2.24. The molecule has 0 aliphatic carbocycles. The predicted octanol–water partition coefficient (Wildman–Crippen LogP) is 3.09. The van der Waals surface area contributed by atoms with Gasteiger partial charge in [-0.25, -0.2) is 4.39 Å². The Morgan fingerprint density at radius 2 is 1.94 bits per heavy atom. The number of phenols is 1. The maximum Gasteiger partial charge on any atom is 0.258 e. The Morgan fingerprint density at radius 1 is 1.22 bits per heavy atom. The highest BCUT2D eigenvalue weighted by Crippen LogP contribution is 2.21. The van der Waals surface area contributed by atoms with E-state index in [0.717, 1.165) is 0 Å². The predicted molar refractivity (Wildman–Crippen MR) is 67.2 cm³/mol. The number of aryl methyl sites for hydroxylation is 1. The van der Waals surface area contributed by atoms with Crippen molar-refractivity contribution in [3.63, 3.8) is 0 Å². The zero-order chi connectivity index (χ0) is 13.1. The first-order valence-electron chi connectivity index (χ1n) is 5.43. The minimum atomic E-state index is -0.563. The second-order valence-electron chi connectivity index (χ2n) is 3.93. The van der Waals surface area contributed by atoms with E-state index in [1.165, 1.54) is 30.3 Å². The normalized spacial score (nSPS) is 10.1. The lowest BCUT2D eigenvalue weighted by molar-refractivity contribution is 0.102. The lowest BCUT2D eigenvalue weighted by Crippen LogP contribution is -2.14. The van der Waals surface area contributed by atoms with Gasteiger partial charge in [0, 0.05) is 5.69 Å². The van der Waals surface area contributed by atoms with E-state index in [4.69, 9.17) is 0 Å². The Labute approximate surface area is 104 Å². The highest BCUT2D eigenvalue weighted by atomic mass is 19.1. The molecule has 2 N–H and O–H groups in total. The summed E-state index contributed by atoms with van der Waals surface area (Å²) in [7, 11) is 0. The first kappa shape index (κ1) is 12.1. The van der Waals surface area contributed by atoms with Gasteiger partial charge in [0.05, 0.1) is 5.56 Å². The summed E-state index contributed by atoms with van der Waals surface area (Å²) in [6, 6.07) is 10.3. The molecule has 0 bridgehead atoms. The molecule has 0 unspecified atom stereocenters. The SMILES string of the molecule is Cc1cc(O)ccc1NC(=O)c1ccccc1F. The van der Waals surface area contributed by atoms with Crippen LogP contribution >= 0.6 is 0 Å². The monoisotopic (exact) mass is 245 g/mol. The average molecular weight is 245 g/mol. The van der Waals surface area contributed by atoms with Gasteiger partial charge in [0.2, 0.25) is 0 Å². The number of anilines is 1. The fourth-order valence-corrected chi connectivity index (χ4v) is 1.62. The van der Waals surface area contributed by atoms with Crippen LogP contribution in [0.3, 0.4) is 0 Å². The number of halogens is 1. The summed E-state index contributed by atoms with van der Waals surface area (Å²) in [6.07, 6.45) is 0. The number of benzene rings is 2. The number of amides is 1. The van der Waals surface area contributed by atoms with Crippen LogP contribution in [0.5, 0.6) is 5.75 Å². The molecule has 2 aromatic rings. The molecule has 92 valence electrons. The highest BCUT2D eigenvalue weighted by Gasteiger charge is 2.11. The zero-order valence-corrected chi connectivity index (χ0v) is 9.77. The van der Waals surface area contributed by atoms with Crippen LogP contribution in [0.15, 0.2) is 42.5 Å². The molecule has 0 aliphatic heterocycles. The molecule has 4 heteroatoms. The molecule has 0 heterocycles. The van der Waals surface area contributed by atoms with Crippen molar-refractivity contribution in [1.29, 1.82) is 0 Å². The second-order valence-corrected chi connectivity index (χ2v) is 3.93. The van der Waals surface area contributed by atoms with Crippen LogP contribution < -0.4 is 5.32 Å². The van der Waals surface area contributed by atoms with E-state index < -0.39 is 11.7 Å². The van der Waals surface area contributed by atoms with E-state index in [1.807, 2.05) is 0 Å². The molecule has 0 aliphatic rings. The molecule has 0 radical (unpaired) electrons. The molecule has 0 fully saturated rings. The van der Waals surface area contributed by atoms with Gasteiger partial charge in [0.25, 0.3) is 5.91 Å². The summed E-state index contributed by atoms with van der Waals surface area (Å²) < 4.78 is 13.4. The Bertz CT molecular complexity index is 596. The molecule has 0 atom stereocenters. The van der Waals surface area contributed by atoms with Crippen molar-refractivity contribution in [1.82, 2.24) is 0 Å². The summed E-state index contributed by atoms with van der Waals surface area (Å²) in [6.45, 7) is 1.75. The van der Waals surface area contributed by atoms with Gasteiger partial charge >= 0.3 is 0 Å². The number of nitrogens with one attached hydrogen (secondary N) is 1. The van der Waals surface area contributed by atoms with E-state index in [0.29, 0.717) is 11.3 Å². The van der Waals surface area contributed by atoms with Crippen molar-refractivity contribution < 1.29 is 14.3 Å². The van der Waals surface area contributed by atoms with Crippen molar-refractivity contribution in [3.8, 4) is 5.75 Å². The Morgan fingerprint density at radius 3 is 2.61 bits per heavy atom. The highest BCUT2D eigenvalue weighted by molar-refractivity contribution is 6.04. The quantitative estimate of drug-likeness (QED) is 0.799. The fourth-order valence-electron chi connectivity index (χ4n) is 1.62. The number of phenolic OH excluding ortho intramolecular Hbond substituents is 1. The lowest BCUT2D eigenvalue weighted by Gasteiger charge is -2.09. The summed E-state index contributed by atoms with van der Waals surface area (Å²) >= 11 is 0. The summed E-state index contributed by atoms with van der Waals surface area (Å²) in [5.41, 5.74) is 1.24. The van der Waals surface area contributed by atoms with Gasteiger partial charge in [-0.3, -0.25) is 4.79 Å². The van der Waals surface area contributed by atoms with Crippen molar-refractivity contribution in [2.45, 2.75) is 6.92 Å². The Hall–Kier alpha value is -2.36. The fraction of sp³-hybridized carbons (Fsp3) is 0.0714. The molecule has 0 aromatic heterocycles. The van der Waals surface area contributed by atoms with Gasteiger partial charge in [-0.2, -0.15) is 0 Å². The molecule has 0 saturated heterocycles. The van der Waals surface area contributed by atoms with Crippen LogP contribution in [-0.2, 0) is 0 Å². The number of carbonyl (C=O) groups excluding carboxylic acids is 1. The maximum atomic E-state index is 13.4. The van der Waals surface area contributed by atoms with E-state index in [9.17, 15) is 14.3 Å². The second kappa shape index (κ2) is 4.87. The minimum absolute atomic E-state index is 0.00928. The lowest BCUT2D eigenvalue weighted by atomic mass is 10.1. The smallest absolute Gasteiger partial charge is 0.258 e. The van der Waals surface area contributed by atoms with Gasteiger partial charge in [0.15, 0.2) is 0 Å². The molecular formula is C14H12FNO2. The average Bonchev–Trinajstić information content (AvgIpc) is 2.33. The number of carbonyl (C=O) groups is 1. The molecule has 2 aromatic carbocycles. The third kappa shape index (κ3) is 2.48. The van der Waals surface area contributed by atoms with Crippen molar-refractivity contribution in [2.24, 2.45) is 0 Å². The van der Waals surface area contributed by atoms with Gasteiger partial charge < -0.3 is 10.4 Å². The van der Waals surface area contributed by atoms with Crippen LogP contribution in [-0.4, -0.2) is 11.0 Å². The summed E-state index contributed by atoms with van der Waals surface area (Å²) in [4.78, 5) is 11.9. The molecular weight excluding hydrogens is 233 g/mol. The standard InChI is InChI=1S/C14H12FNO2/c1-9-8-10(17)6-7-13(9)16-14(18)11-4-2-3-5-12(11)15/h2-8,17H,1H3,(H,16,18). The molecule has 2 rings (SSSR count). The Kier molecular flexibility index (Phi) is 3.28. The first-order chi connectivity index (χ1) is 8.58. The zero-order valence-electron chi connectivity index (χ0n) is 9.77. The number of rotatable bonds is 2. The molecule has 18 heavy (non-hydrogen) atoms. The van der Waals surface area contributed by atoms with Crippen LogP contribution in [0.25, 0.3) is 0 Å². The van der Waals surface area contributed by atoms with Gasteiger partial charge in [0.1, 0.15) is 11.6 Å². The van der Waals surface area contributed by atoms with Crippen LogP contribution in [0.2, 0.25) is 0 Å². The minimum Gasteiger partial charge on any atom is -0.508 e. The number of aromatic hydroxyl groups is 1. The van der Waals surface area contributed by atoms with Crippen molar-refractivity contribution in [2.75, 3.05) is 5.32 Å². The van der Waals surface area contributed by atoms with Crippen molar-refractivity contribution in [3.05, 3.63) is 59.4 Å². The summed E-state index contributed by atoms with van der Waals surface area (Å²) in [5, 5.41) is 11.9. The third-order valence-corrected chi connectivity index (χ3v) is 2.58. The van der Waals surface area contributed by atoms with E-state index >= 15 is 0 Å². The molecule has 0 saturated carbocycles. The largest absolute Gasteiger partial charge is 0.508 e. The van der Waals surface area contributed by atoms with E-state index in [1.54, 1.807) is 19.1 Å². The third-order valence-electron chi connectivity index (χ3n) is 2.58. The summed E-state index contributed by atoms with van der Waals surface area (Å²) in [5.74, 6) is -0.954. The van der Waals surface area contributed by atoms with Crippen LogP contribution in [0, 0.1) is 12.7 Å².